The molecule has 152 valence electrons. The van der Waals surface area contributed by atoms with Crippen molar-refractivity contribution >= 4 is 27.6 Å². The van der Waals surface area contributed by atoms with E-state index < -0.39 is 17.7 Å². The molecule has 0 saturated carbocycles. The maximum Gasteiger partial charge on any atom is 0.337 e. The summed E-state index contributed by atoms with van der Waals surface area (Å²) in [6.07, 6.45) is 0.880. The number of carboxylic acids is 1. The minimum atomic E-state index is -1.13. The Kier molecular flexibility index (Phi) is 6.59. The van der Waals surface area contributed by atoms with Crippen LogP contribution in [0.5, 0.6) is 0 Å². The van der Waals surface area contributed by atoms with E-state index in [0.717, 1.165) is 31.6 Å². The molecule has 2 rings (SSSR count). The molecule has 1 fully saturated rings. The summed E-state index contributed by atoms with van der Waals surface area (Å²) in [6.45, 7) is 13.2. The zero-order valence-electron chi connectivity index (χ0n) is 17.1. The smallest absolute Gasteiger partial charge is 0.337 e. The third kappa shape index (κ3) is 5.21. The van der Waals surface area contributed by atoms with Crippen LogP contribution in [0.1, 0.15) is 70.5 Å². The quantitative estimate of drug-likeness (QED) is 0.710. The molecule has 1 aliphatic rings. The molecule has 1 aromatic rings. The van der Waals surface area contributed by atoms with E-state index in [2.05, 4.69) is 39.7 Å². The van der Waals surface area contributed by atoms with Crippen molar-refractivity contribution in [1.82, 2.24) is 4.98 Å². The number of aryl methyl sites for hydroxylation is 1. The van der Waals surface area contributed by atoms with E-state index in [1.165, 1.54) is 0 Å². The maximum absolute atomic E-state index is 12.1. The first-order chi connectivity index (χ1) is 12.4. The largest absolute Gasteiger partial charge is 0.479 e. The number of nitrogens with zero attached hydrogens (tertiary/aromatic N) is 2. The Morgan fingerprint density at radius 1 is 1.33 bits per heavy atom. The summed E-state index contributed by atoms with van der Waals surface area (Å²) in [5.41, 5.74) is 2.05. The monoisotopic (exact) mass is 442 g/mol. The van der Waals surface area contributed by atoms with Crippen LogP contribution in [0, 0.1) is 12.3 Å². The lowest BCUT2D eigenvalue weighted by molar-refractivity contribution is -0.160. The van der Waals surface area contributed by atoms with Crippen LogP contribution < -0.4 is 4.90 Å². The number of pyridine rings is 1. The Morgan fingerprint density at radius 3 is 2.33 bits per heavy atom. The highest BCUT2D eigenvalue weighted by molar-refractivity contribution is 9.10. The molecule has 0 radical (unpaired) electrons. The average Bonchev–Trinajstić information content (AvgIpc) is 2.54. The van der Waals surface area contributed by atoms with Gasteiger partial charge in [0.1, 0.15) is 0 Å². The van der Waals surface area contributed by atoms with Gasteiger partial charge in [0, 0.05) is 24.3 Å². The molecule has 1 atom stereocenters. The molecule has 0 aromatic carbocycles. The van der Waals surface area contributed by atoms with E-state index in [0.29, 0.717) is 21.4 Å². The fourth-order valence-corrected chi connectivity index (χ4v) is 4.07. The number of aliphatic hydroxyl groups excluding tert-OH is 1. The number of carbonyl (C=O) groups is 1. The number of ether oxygens (including phenoxy) is 1. The summed E-state index contributed by atoms with van der Waals surface area (Å²) < 4.78 is 6.56. The van der Waals surface area contributed by atoms with Gasteiger partial charge in [-0.2, -0.15) is 0 Å². The van der Waals surface area contributed by atoms with E-state index in [-0.39, 0.29) is 12.0 Å². The normalized spacial score (nSPS) is 18.4. The number of aromatic nitrogens is 1. The van der Waals surface area contributed by atoms with Gasteiger partial charge in [-0.05, 0) is 61.9 Å². The highest BCUT2D eigenvalue weighted by atomic mass is 79.9. The molecule has 0 aliphatic carbocycles. The van der Waals surface area contributed by atoms with Crippen molar-refractivity contribution in [2.45, 2.75) is 72.7 Å². The van der Waals surface area contributed by atoms with E-state index in [1.54, 1.807) is 6.92 Å². The number of halogens is 1. The fourth-order valence-electron chi connectivity index (χ4n) is 3.39. The molecule has 2 heterocycles. The summed E-state index contributed by atoms with van der Waals surface area (Å²) in [7, 11) is 0. The van der Waals surface area contributed by atoms with Crippen molar-refractivity contribution in [1.29, 1.82) is 0 Å². The molecule has 0 spiro atoms. The van der Waals surface area contributed by atoms with Gasteiger partial charge in [0.25, 0.3) is 0 Å². The van der Waals surface area contributed by atoms with Crippen molar-refractivity contribution in [2.24, 2.45) is 5.41 Å². The van der Waals surface area contributed by atoms with Gasteiger partial charge < -0.3 is 19.8 Å². The number of carboxylic acid groups (broad SMARTS) is 1. The second-order valence-corrected chi connectivity index (χ2v) is 9.77. The summed E-state index contributed by atoms with van der Waals surface area (Å²) >= 11 is 3.57. The van der Waals surface area contributed by atoms with Crippen molar-refractivity contribution in [2.75, 3.05) is 18.0 Å². The topological polar surface area (TPSA) is 82.9 Å². The first-order valence-corrected chi connectivity index (χ1v) is 10.1. The summed E-state index contributed by atoms with van der Waals surface area (Å²) in [5.74, 6) is -1.04. The van der Waals surface area contributed by atoms with Gasteiger partial charge in [-0.15, -0.1) is 0 Å². The Labute approximate surface area is 170 Å². The molecule has 0 amide bonds. The molecule has 1 aromatic heterocycles. The first-order valence-electron chi connectivity index (χ1n) is 9.31. The van der Waals surface area contributed by atoms with E-state index in [9.17, 15) is 15.0 Å². The van der Waals surface area contributed by atoms with Crippen LogP contribution in [-0.2, 0) is 16.1 Å². The number of hydrogen-bond acceptors (Lipinski definition) is 5. The highest BCUT2D eigenvalue weighted by Gasteiger charge is 2.36. The average molecular weight is 443 g/mol. The standard InChI is InChI=1S/C20H31BrN2O4/c1-12-14(17(18(25)26)27-19(2,3)4)16(15(21)13(11-24)22-12)23-9-7-20(5,6)8-10-23/h17,24H,7-11H2,1-6H3,(H,25,26)/t17-/m0/s1. The number of anilines is 1. The van der Waals surface area contributed by atoms with Gasteiger partial charge in [-0.3, -0.25) is 4.98 Å². The molecule has 6 nitrogen and oxygen atoms in total. The van der Waals surface area contributed by atoms with Gasteiger partial charge in [-0.25, -0.2) is 4.79 Å². The third-order valence-corrected chi connectivity index (χ3v) is 5.78. The van der Waals surface area contributed by atoms with Crippen molar-refractivity contribution in [3.8, 4) is 0 Å². The maximum atomic E-state index is 12.1. The molecule has 2 N–H and O–H groups in total. The highest BCUT2D eigenvalue weighted by Crippen LogP contribution is 2.43. The number of aliphatic carboxylic acids is 1. The van der Waals surface area contributed by atoms with Crippen LogP contribution in [0.3, 0.4) is 0 Å². The zero-order chi connectivity index (χ0) is 20.6. The Balaban J connectivity index is 2.62. The lowest BCUT2D eigenvalue weighted by atomic mass is 9.82. The lowest BCUT2D eigenvalue weighted by Gasteiger charge is -2.40. The zero-order valence-corrected chi connectivity index (χ0v) is 18.7. The van der Waals surface area contributed by atoms with Crippen molar-refractivity contribution in [3.63, 3.8) is 0 Å². The Morgan fingerprint density at radius 2 is 1.89 bits per heavy atom. The summed E-state index contributed by atoms with van der Waals surface area (Å²) in [6, 6.07) is 0. The van der Waals surface area contributed by atoms with Crippen LogP contribution in [0.4, 0.5) is 5.69 Å². The molecule has 1 saturated heterocycles. The van der Waals surface area contributed by atoms with Crippen LogP contribution in [-0.4, -0.2) is 39.9 Å². The lowest BCUT2D eigenvalue weighted by Crippen LogP contribution is -2.39. The summed E-state index contributed by atoms with van der Waals surface area (Å²) in [4.78, 5) is 18.7. The number of piperidine rings is 1. The predicted molar refractivity (Wildman–Crippen MR) is 109 cm³/mol. The fraction of sp³-hybridized carbons (Fsp3) is 0.700. The van der Waals surface area contributed by atoms with Gasteiger partial charge in [0.15, 0.2) is 6.10 Å². The van der Waals surface area contributed by atoms with Gasteiger partial charge in [0.05, 0.1) is 28.1 Å². The van der Waals surface area contributed by atoms with Crippen LogP contribution >= 0.6 is 15.9 Å². The number of rotatable bonds is 5. The van der Waals surface area contributed by atoms with E-state index in [4.69, 9.17) is 4.74 Å². The van der Waals surface area contributed by atoms with E-state index >= 15 is 0 Å². The van der Waals surface area contributed by atoms with Gasteiger partial charge >= 0.3 is 5.97 Å². The van der Waals surface area contributed by atoms with Crippen LogP contribution in [0.2, 0.25) is 0 Å². The summed E-state index contributed by atoms with van der Waals surface area (Å²) in [5, 5.41) is 19.6. The predicted octanol–water partition coefficient (Wildman–Crippen LogP) is 4.21. The van der Waals surface area contributed by atoms with Crippen LogP contribution in [0.15, 0.2) is 4.47 Å². The van der Waals surface area contributed by atoms with Crippen molar-refractivity contribution in [3.05, 3.63) is 21.4 Å². The third-order valence-electron chi connectivity index (χ3n) is 4.95. The van der Waals surface area contributed by atoms with E-state index in [1.807, 2.05) is 20.8 Å². The second-order valence-electron chi connectivity index (χ2n) is 8.98. The minimum absolute atomic E-state index is 0.216. The molecular formula is C20H31BrN2O4. The molecule has 0 bridgehead atoms. The van der Waals surface area contributed by atoms with Gasteiger partial charge in [0.2, 0.25) is 0 Å². The SMILES string of the molecule is Cc1nc(CO)c(Br)c(N2CCC(C)(C)CC2)c1[C@H](OC(C)(C)C)C(=O)O. The molecular weight excluding hydrogens is 412 g/mol. The van der Waals surface area contributed by atoms with Crippen molar-refractivity contribution < 1.29 is 19.7 Å². The first kappa shape index (κ1) is 22.1. The molecule has 1 aliphatic heterocycles. The molecule has 0 unspecified atom stereocenters. The number of aliphatic hydroxyl groups is 1. The molecule has 27 heavy (non-hydrogen) atoms. The van der Waals surface area contributed by atoms with Crippen LogP contribution in [0.25, 0.3) is 0 Å². The number of hydrogen-bond donors (Lipinski definition) is 2. The minimum Gasteiger partial charge on any atom is -0.479 e. The second kappa shape index (κ2) is 8.05. The molecule has 7 heteroatoms. The van der Waals surface area contributed by atoms with Gasteiger partial charge in [-0.1, -0.05) is 13.8 Å². The Hall–Kier alpha value is -1.18. The Bertz CT molecular complexity index is 703.